The Kier molecular flexibility index (Phi) is 4.27. The molecule has 2 aromatic carbocycles. The summed E-state index contributed by atoms with van der Waals surface area (Å²) in [7, 11) is 1.83. The Balaban J connectivity index is 2.27. The Bertz CT molecular complexity index is 614. The normalized spacial score (nSPS) is 10.3. The van der Waals surface area contributed by atoms with Gasteiger partial charge >= 0.3 is 5.69 Å². The lowest BCUT2D eigenvalue weighted by atomic mass is 10.2. The molecule has 0 saturated carbocycles. The molecule has 1 N–H and O–H groups in total. The molecule has 0 aliphatic rings. The average molecular weight is 276 g/mol. The van der Waals surface area contributed by atoms with Gasteiger partial charge in [0.25, 0.3) is 0 Å². The summed E-state index contributed by atoms with van der Waals surface area (Å²) in [6.07, 6.45) is 0. The summed E-state index contributed by atoms with van der Waals surface area (Å²) in [5, 5.41) is 13.9. The van der Waals surface area contributed by atoms with E-state index in [0.717, 1.165) is 11.6 Å². The zero-order valence-corrected chi connectivity index (χ0v) is 10.8. The quantitative estimate of drug-likeness (QED) is 0.672. The van der Waals surface area contributed by atoms with Crippen LogP contribution in [0.5, 0.6) is 11.5 Å². The molecule has 104 valence electrons. The molecule has 0 atom stereocenters. The Labute approximate surface area is 115 Å². The largest absolute Gasteiger partial charge is 0.447 e. The van der Waals surface area contributed by atoms with Crippen molar-refractivity contribution in [3.8, 4) is 11.5 Å². The molecular weight excluding hydrogens is 263 g/mol. The molecule has 2 aromatic rings. The van der Waals surface area contributed by atoms with Crippen molar-refractivity contribution >= 4 is 5.69 Å². The van der Waals surface area contributed by atoms with E-state index in [0.29, 0.717) is 12.3 Å². The molecule has 0 fully saturated rings. The standard InChI is InChI=1S/C14H13FN2O3/c1-16-9-10-5-7-11(8-6-10)20-14-12(15)3-2-4-13(14)17(18)19/h2-8,16H,9H2,1H3. The van der Waals surface area contributed by atoms with E-state index in [1.54, 1.807) is 24.3 Å². The van der Waals surface area contributed by atoms with Gasteiger partial charge < -0.3 is 10.1 Å². The lowest BCUT2D eigenvalue weighted by Gasteiger charge is -2.08. The summed E-state index contributed by atoms with van der Waals surface area (Å²) >= 11 is 0. The van der Waals surface area contributed by atoms with Crippen LogP contribution in [-0.2, 0) is 6.54 Å². The predicted molar refractivity (Wildman–Crippen MR) is 72.3 cm³/mol. The summed E-state index contributed by atoms with van der Waals surface area (Å²) in [6, 6.07) is 10.5. The molecule has 0 saturated heterocycles. The zero-order valence-electron chi connectivity index (χ0n) is 10.8. The first-order chi connectivity index (χ1) is 9.61. The van der Waals surface area contributed by atoms with Crippen LogP contribution in [0, 0.1) is 15.9 Å². The van der Waals surface area contributed by atoms with Gasteiger partial charge in [-0.3, -0.25) is 10.1 Å². The number of nitro groups is 1. The molecule has 20 heavy (non-hydrogen) atoms. The van der Waals surface area contributed by atoms with E-state index in [1.165, 1.54) is 12.1 Å². The maximum atomic E-state index is 13.7. The van der Waals surface area contributed by atoms with E-state index in [2.05, 4.69) is 5.32 Å². The highest BCUT2D eigenvalue weighted by Gasteiger charge is 2.20. The van der Waals surface area contributed by atoms with Gasteiger partial charge in [-0.15, -0.1) is 0 Å². The molecule has 0 heterocycles. The van der Waals surface area contributed by atoms with Gasteiger partial charge in [0.1, 0.15) is 5.75 Å². The molecule has 0 amide bonds. The smallest absolute Gasteiger partial charge is 0.314 e. The van der Waals surface area contributed by atoms with Crippen LogP contribution in [-0.4, -0.2) is 12.0 Å². The van der Waals surface area contributed by atoms with Crippen molar-refractivity contribution in [2.75, 3.05) is 7.05 Å². The number of nitro benzene ring substituents is 1. The van der Waals surface area contributed by atoms with E-state index >= 15 is 0 Å². The molecule has 0 unspecified atom stereocenters. The molecule has 0 aliphatic heterocycles. The number of halogens is 1. The summed E-state index contributed by atoms with van der Waals surface area (Å²) in [6.45, 7) is 0.695. The summed E-state index contributed by atoms with van der Waals surface area (Å²) in [5.74, 6) is -0.796. The maximum Gasteiger partial charge on any atom is 0.314 e. The minimum atomic E-state index is -0.765. The monoisotopic (exact) mass is 276 g/mol. The molecular formula is C14H13FN2O3. The first-order valence-corrected chi connectivity index (χ1v) is 5.96. The van der Waals surface area contributed by atoms with Crippen molar-refractivity contribution in [2.24, 2.45) is 0 Å². The number of benzene rings is 2. The Morgan fingerprint density at radius 3 is 2.55 bits per heavy atom. The second-order valence-corrected chi connectivity index (χ2v) is 4.12. The Morgan fingerprint density at radius 2 is 1.95 bits per heavy atom. The predicted octanol–water partition coefficient (Wildman–Crippen LogP) is 3.25. The number of ether oxygens (including phenoxy) is 1. The second-order valence-electron chi connectivity index (χ2n) is 4.12. The average Bonchev–Trinajstić information content (AvgIpc) is 2.43. The lowest BCUT2D eigenvalue weighted by Crippen LogP contribution is -2.04. The van der Waals surface area contributed by atoms with Crippen LogP contribution >= 0.6 is 0 Å². The van der Waals surface area contributed by atoms with Gasteiger partial charge in [0.2, 0.25) is 5.75 Å². The van der Waals surface area contributed by atoms with E-state index in [9.17, 15) is 14.5 Å². The third-order valence-corrected chi connectivity index (χ3v) is 2.67. The summed E-state index contributed by atoms with van der Waals surface area (Å²) in [5.41, 5.74) is 0.632. The van der Waals surface area contributed by atoms with Crippen LogP contribution in [0.4, 0.5) is 10.1 Å². The molecule has 5 nitrogen and oxygen atoms in total. The van der Waals surface area contributed by atoms with Crippen LogP contribution in [0.15, 0.2) is 42.5 Å². The van der Waals surface area contributed by atoms with Crippen molar-refractivity contribution in [1.29, 1.82) is 0 Å². The van der Waals surface area contributed by atoms with Crippen molar-refractivity contribution in [3.63, 3.8) is 0 Å². The highest BCUT2D eigenvalue weighted by molar-refractivity contribution is 5.49. The van der Waals surface area contributed by atoms with Crippen molar-refractivity contribution in [3.05, 3.63) is 64.0 Å². The minimum absolute atomic E-state index is 0.345. The first-order valence-electron chi connectivity index (χ1n) is 5.96. The number of hydrogen-bond donors (Lipinski definition) is 1. The molecule has 6 heteroatoms. The van der Waals surface area contributed by atoms with Gasteiger partial charge in [-0.25, -0.2) is 4.39 Å². The molecule has 0 radical (unpaired) electrons. The third-order valence-electron chi connectivity index (χ3n) is 2.67. The number of rotatable bonds is 5. The fourth-order valence-electron chi connectivity index (χ4n) is 1.74. The van der Waals surface area contributed by atoms with E-state index < -0.39 is 16.4 Å². The lowest BCUT2D eigenvalue weighted by molar-refractivity contribution is -0.385. The van der Waals surface area contributed by atoms with Crippen LogP contribution in [0.2, 0.25) is 0 Å². The zero-order chi connectivity index (χ0) is 14.5. The number of hydrogen-bond acceptors (Lipinski definition) is 4. The van der Waals surface area contributed by atoms with Crippen molar-refractivity contribution < 1.29 is 14.1 Å². The highest BCUT2D eigenvalue weighted by Crippen LogP contribution is 2.33. The van der Waals surface area contributed by atoms with Gasteiger partial charge in [0.15, 0.2) is 5.82 Å². The van der Waals surface area contributed by atoms with E-state index in [-0.39, 0.29) is 5.75 Å². The first kappa shape index (κ1) is 14.0. The van der Waals surface area contributed by atoms with Crippen LogP contribution in [0.1, 0.15) is 5.56 Å². The van der Waals surface area contributed by atoms with Gasteiger partial charge in [-0.05, 0) is 30.8 Å². The highest BCUT2D eigenvalue weighted by atomic mass is 19.1. The summed E-state index contributed by atoms with van der Waals surface area (Å²) in [4.78, 5) is 10.2. The van der Waals surface area contributed by atoms with Crippen molar-refractivity contribution in [1.82, 2.24) is 5.32 Å². The summed E-state index contributed by atoms with van der Waals surface area (Å²) < 4.78 is 19.0. The van der Waals surface area contributed by atoms with Crippen LogP contribution in [0.3, 0.4) is 0 Å². The second kappa shape index (κ2) is 6.12. The van der Waals surface area contributed by atoms with E-state index in [1.807, 2.05) is 7.05 Å². The minimum Gasteiger partial charge on any atom is -0.447 e. The van der Waals surface area contributed by atoms with Gasteiger partial charge in [0.05, 0.1) is 4.92 Å². The number of nitrogens with one attached hydrogen (secondary N) is 1. The molecule has 0 bridgehead atoms. The molecule has 0 aromatic heterocycles. The SMILES string of the molecule is CNCc1ccc(Oc2c(F)cccc2[N+](=O)[O-])cc1. The van der Waals surface area contributed by atoms with Crippen LogP contribution < -0.4 is 10.1 Å². The van der Waals surface area contributed by atoms with Crippen molar-refractivity contribution in [2.45, 2.75) is 6.54 Å². The Morgan fingerprint density at radius 1 is 1.25 bits per heavy atom. The fourth-order valence-corrected chi connectivity index (χ4v) is 1.74. The fraction of sp³-hybridized carbons (Fsp3) is 0.143. The molecule has 2 rings (SSSR count). The topological polar surface area (TPSA) is 64.4 Å². The van der Waals surface area contributed by atoms with Gasteiger partial charge in [0, 0.05) is 12.6 Å². The van der Waals surface area contributed by atoms with Gasteiger partial charge in [-0.1, -0.05) is 18.2 Å². The van der Waals surface area contributed by atoms with Gasteiger partial charge in [-0.2, -0.15) is 0 Å². The van der Waals surface area contributed by atoms with Crippen LogP contribution in [0.25, 0.3) is 0 Å². The maximum absolute atomic E-state index is 13.7. The molecule has 0 aliphatic carbocycles. The Hall–Kier alpha value is -2.47. The third kappa shape index (κ3) is 3.10. The number of nitrogens with zero attached hydrogens (tertiary/aromatic N) is 1. The molecule has 0 spiro atoms. The van der Waals surface area contributed by atoms with E-state index in [4.69, 9.17) is 4.74 Å². The number of para-hydroxylation sites is 1.